The van der Waals surface area contributed by atoms with Crippen LogP contribution in [-0.2, 0) is 5.41 Å². The average molecular weight is 416 g/mol. The van der Waals surface area contributed by atoms with E-state index in [0.29, 0.717) is 0 Å². The SMILES string of the molecule is c1ccc2c(c1)-c1c(Nc3cccc4oc5ccccc5c34)cccc1C21CCCCC1. The lowest BCUT2D eigenvalue weighted by molar-refractivity contribution is 0.353. The summed E-state index contributed by atoms with van der Waals surface area (Å²) in [7, 11) is 0. The number of anilines is 2. The molecule has 1 aromatic heterocycles. The first-order valence-corrected chi connectivity index (χ1v) is 11.8. The van der Waals surface area contributed by atoms with Crippen LogP contribution in [0.15, 0.2) is 89.3 Å². The third-order valence-corrected chi connectivity index (χ3v) is 7.67. The summed E-state index contributed by atoms with van der Waals surface area (Å²) in [5.74, 6) is 0. The van der Waals surface area contributed by atoms with E-state index >= 15 is 0 Å². The minimum Gasteiger partial charge on any atom is -0.456 e. The van der Waals surface area contributed by atoms with Crippen LogP contribution in [0.25, 0.3) is 33.1 Å². The summed E-state index contributed by atoms with van der Waals surface area (Å²) in [6.45, 7) is 0. The highest BCUT2D eigenvalue weighted by atomic mass is 16.3. The maximum Gasteiger partial charge on any atom is 0.137 e. The molecule has 2 nitrogen and oxygen atoms in total. The van der Waals surface area contributed by atoms with Gasteiger partial charge in [0.15, 0.2) is 0 Å². The first-order valence-electron chi connectivity index (χ1n) is 11.8. The number of rotatable bonds is 2. The molecule has 1 saturated carbocycles. The zero-order valence-electron chi connectivity index (χ0n) is 18.0. The molecule has 0 atom stereocenters. The Morgan fingerprint density at radius 1 is 0.625 bits per heavy atom. The monoisotopic (exact) mass is 415 g/mol. The number of nitrogens with one attached hydrogen (secondary N) is 1. The van der Waals surface area contributed by atoms with Crippen molar-refractivity contribution in [1.82, 2.24) is 0 Å². The van der Waals surface area contributed by atoms with Crippen LogP contribution in [0.4, 0.5) is 11.4 Å². The third-order valence-electron chi connectivity index (χ3n) is 7.67. The van der Waals surface area contributed by atoms with Crippen LogP contribution in [0.3, 0.4) is 0 Å². The normalized spacial score (nSPS) is 16.4. The zero-order valence-corrected chi connectivity index (χ0v) is 18.0. The number of furan rings is 1. The van der Waals surface area contributed by atoms with E-state index in [1.807, 2.05) is 12.1 Å². The Morgan fingerprint density at radius 2 is 1.34 bits per heavy atom. The van der Waals surface area contributed by atoms with Crippen LogP contribution in [0.2, 0.25) is 0 Å². The summed E-state index contributed by atoms with van der Waals surface area (Å²) in [6, 6.07) is 30.5. The Hall–Kier alpha value is -3.52. The molecule has 0 amide bonds. The van der Waals surface area contributed by atoms with Crippen molar-refractivity contribution in [3.8, 4) is 11.1 Å². The van der Waals surface area contributed by atoms with Gasteiger partial charge in [-0.1, -0.05) is 79.9 Å². The maximum atomic E-state index is 6.13. The molecule has 156 valence electrons. The largest absolute Gasteiger partial charge is 0.456 e. The van der Waals surface area contributed by atoms with Gasteiger partial charge in [-0.15, -0.1) is 0 Å². The minimum atomic E-state index is 0.177. The zero-order chi connectivity index (χ0) is 21.1. The minimum absolute atomic E-state index is 0.177. The number of para-hydroxylation sites is 1. The van der Waals surface area contributed by atoms with Crippen LogP contribution in [0.1, 0.15) is 43.2 Å². The molecule has 1 N–H and O–H groups in total. The summed E-state index contributed by atoms with van der Waals surface area (Å²) in [5.41, 5.74) is 10.1. The Labute approximate surface area is 187 Å². The quantitative estimate of drug-likeness (QED) is 0.312. The summed E-state index contributed by atoms with van der Waals surface area (Å²) in [5, 5.41) is 6.14. The van der Waals surface area contributed by atoms with Gasteiger partial charge in [-0.2, -0.15) is 0 Å². The van der Waals surface area contributed by atoms with E-state index in [-0.39, 0.29) is 5.41 Å². The van der Waals surface area contributed by atoms with E-state index in [1.54, 1.807) is 0 Å². The molecule has 2 aliphatic rings. The number of hydrogen-bond acceptors (Lipinski definition) is 2. The second-order valence-electron chi connectivity index (χ2n) is 9.32. The van der Waals surface area contributed by atoms with Gasteiger partial charge in [0, 0.05) is 22.1 Å². The Balaban J connectivity index is 1.44. The lowest BCUT2D eigenvalue weighted by atomic mass is 9.68. The van der Waals surface area contributed by atoms with Gasteiger partial charge in [-0.3, -0.25) is 0 Å². The topological polar surface area (TPSA) is 25.2 Å². The number of fused-ring (bicyclic) bond motifs is 8. The van der Waals surface area contributed by atoms with Crippen molar-refractivity contribution < 1.29 is 4.42 Å². The second-order valence-corrected chi connectivity index (χ2v) is 9.32. The second kappa shape index (κ2) is 6.74. The lowest BCUT2D eigenvalue weighted by Crippen LogP contribution is -2.27. The van der Waals surface area contributed by atoms with Crippen molar-refractivity contribution >= 4 is 33.3 Å². The van der Waals surface area contributed by atoms with Crippen molar-refractivity contribution in [2.45, 2.75) is 37.5 Å². The molecule has 1 fully saturated rings. The van der Waals surface area contributed by atoms with Gasteiger partial charge in [0.1, 0.15) is 11.2 Å². The molecule has 1 heterocycles. The molecule has 0 saturated heterocycles. The molecule has 32 heavy (non-hydrogen) atoms. The molecule has 0 unspecified atom stereocenters. The van der Waals surface area contributed by atoms with Crippen molar-refractivity contribution in [1.29, 1.82) is 0 Å². The molecule has 1 spiro atoms. The van der Waals surface area contributed by atoms with E-state index in [4.69, 9.17) is 4.42 Å². The summed E-state index contributed by atoms with van der Waals surface area (Å²) < 4.78 is 6.13. The van der Waals surface area contributed by atoms with Crippen molar-refractivity contribution in [2.75, 3.05) is 5.32 Å². The van der Waals surface area contributed by atoms with E-state index < -0.39 is 0 Å². The molecule has 7 rings (SSSR count). The Kier molecular flexibility index (Phi) is 3.81. The average Bonchev–Trinajstić information content (AvgIpc) is 3.35. The molecule has 0 radical (unpaired) electrons. The van der Waals surface area contributed by atoms with Crippen molar-refractivity contribution in [2.24, 2.45) is 0 Å². The first kappa shape index (κ1) is 18.1. The molecule has 2 heteroatoms. The summed E-state index contributed by atoms with van der Waals surface area (Å²) in [6.07, 6.45) is 6.48. The van der Waals surface area contributed by atoms with Crippen LogP contribution < -0.4 is 5.32 Å². The van der Waals surface area contributed by atoms with E-state index in [9.17, 15) is 0 Å². The highest BCUT2D eigenvalue weighted by Crippen LogP contribution is 2.57. The van der Waals surface area contributed by atoms with E-state index in [2.05, 4.69) is 78.1 Å². The van der Waals surface area contributed by atoms with Crippen molar-refractivity contribution in [3.05, 3.63) is 96.1 Å². The summed E-state index contributed by atoms with van der Waals surface area (Å²) in [4.78, 5) is 0. The number of benzene rings is 4. The molecular weight excluding hydrogens is 390 g/mol. The molecule has 2 aliphatic carbocycles. The van der Waals surface area contributed by atoms with Crippen LogP contribution in [0, 0.1) is 0 Å². The predicted molar refractivity (Wildman–Crippen MR) is 133 cm³/mol. The lowest BCUT2D eigenvalue weighted by Gasteiger charge is -2.36. The summed E-state index contributed by atoms with van der Waals surface area (Å²) >= 11 is 0. The molecule has 0 bridgehead atoms. The van der Waals surface area contributed by atoms with Gasteiger partial charge in [0.25, 0.3) is 0 Å². The smallest absolute Gasteiger partial charge is 0.137 e. The van der Waals surface area contributed by atoms with Gasteiger partial charge in [0.05, 0.1) is 11.1 Å². The number of hydrogen-bond donors (Lipinski definition) is 1. The fourth-order valence-electron chi connectivity index (χ4n) is 6.33. The van der Waals surface area contributed by atoms with E-state index in [0.717, 1.165) is 27.6 Å². The van der Waals surface area contributed by atoms with E-state index in [1.165, 1.54) is 60.0 Å². The highest BCUT2D eigenvalue weighted by Gasteiger charge is 2.44. The predicted octanol–water partition coefficient (Wildman–Crippen LogP) is 8.56. The maximum absolute atomic E-state index is 6.13. The molecule has 5 aromatic rings. The molecule has 0 aliphatic heterocycles. The molecular formula is C30H25NO. The third kappa shape index (κ3) is 2.41. The molecule has 4 aromatic carbocycles. The van der Waals surface area contributed by atoms with Gasteiger partial charge in [-0.25, -0.2) is 0 Å². The van der Waals surface area contributed by atoms with Gasteiger partial charge in [-0.05, 0) is 53.8 Å². The van der Waals surface area contributed by atoms with Crippen LogP contribution in [0.5, 0.6) is 0 Å². The van der Waals surface area contributed by atoms with Crippen LogP contribution >= 0.6 is 0 Å². The van der Waals surface area contributed by atoms with Crippen LogP contribution in [-0.4, -0.2) is 0 Å². The van der Waals surface area contributed by atoms with Crippen molar-refractivity contribution in [3.63, 3.8) is 0 Å². The van der Waals surface area contributed by atoms with Gasteiger partial charge >= 0.3 is 0 Å². The standard InChI is InChI=1S/C30H25NO/c1-6-18-30(19-7-1)22-12-4-2-10-20(22)28-23(30)13-8-14-24(28)31-25-15-9-17-27-29(25)21-11-3-5-16-26(21)32-27/h2-5,8-17,31H,1,6-7,18-19H2. The van der Waals surface area contributed by atoms with Gasteiger partial charge in [0.2, 0.25) is 0 Å². The first-order chi connectivity index (χ1) is 15.9. The fraction of sp³-hybridized carbons (Fsp3) is 0.200. The Bertz CT molecular complexity index is 1490. The fourth-order valence-corrected chi connectivity index (χ4v) is 6.33. The Morgan fingerprint density at radius 3 is 2.28 bits per heavy atom. The van der Waals surface area contributed by atoms with Gasteiger partial charge < -0.3 is 9.73 Å². The highest BCUT2D eigenvalue weighted by molar-refractivity contribution is 6.12.